The van der Waals surface area contributed by atoms with Gasteiger partial charge in [0, 0.05) is 0 Å². The molecular weight excluding hydrogens is 116 g/mol. The molecule has 0 heterocycles. The summed E-state index contributed by atoms with van der Waals surface area (Å²) >= 11 is 0. The lowest BCUT2D eigenvalue weighted by Gasteiger charge is -2.21. The zero-order valence-corrected chi connectivity index (χ0v) is 6.17. The van der Waals surface area contributed by atoms with Gasteiger partial charge < -0.3 is 10.8 Å². The lowest BCUT2D eigenvalue weighted by Crippen LogP contribution is -2.42. The normalized spacial score (nSPS) is 14.3. The van der Waals surface area contributed by atoms with E-state index in [0.717, 1.165) is 13.0 Å². The zero-order chi connectivity index (χ0) is 7.28. The van der Waals surface area contributed by atoms with Gasteiger partial charge >= 0.3 is 0 Å². The smallest absolute Gasteiger partial charge is 0.0807 e. The number of nitrogens with two attached hydrogens (primary N) is 1. The number of hydrogen-bond acceptors (Lipinski definition) is 3. The Morgan fingerprint density at radius 1 is 1.67 bits per heavy atom. The minimum Gasteiger partial charge on any atom is -0.393 e. The van der Waals surface area contributed by atoms with Crippen LogP contribution in [0.5, 0.6) is 0 Å². The standard InChI is InChI=1S/C6H16N2O/c1-3-4-8(2)6(7)5-9/h6,9H,3-5,7H2,1-2H3. The van der Waals surface area contributed by atoms with Gasteiger partial charge in [-0.1, -0.05) is 6.92 Å². The summed E-state index contributed by atoms with van der Waals surface area (Å²) < 4.78 is 0. The molecule has 0 aliphatic heterocycles. The fourth-order valence-electron chi connectivity index (χ4n) is 0.658. The summed E-state index contributed by atoms with van der Waals surface area (Å²) in [4.78, 5) is 1.93. The number of hydrogen-bond donors (Lipinski definition) is 2. The molecule has 0 saturated carbocycles. The Labute approximate surface area is 56.5 Å². The molecule has 0 spiro atoms. The third-order valence-corrected chi connectivity index (χ3v) is 1.33. The lowest BCUT2D eigenvalue weighted by atomic mass is 10.4. The molecule has 0 aromatic carbocycles. The Hall–Kier alpha value is -0.120. The summed E-state index contributed by atoms with van der Waals surface area (Å²) in [7, 11) is 1.91. The van der Waals surface area contributed by atoms with Crippen molar-refractivity contribution in [2.24, 2.45) is 5.73 Å². The van der Waals surface area contributed by atoms with Crippen molar-refractivity contribution in [1.82, 2.24) is 4.90 Å². The first kappa shape index (κ1) is 8.88. The molecule has 3 heteroatoms. The monoisotopic (exact) mass is 132 g/mol. The first-order valence-corrected chi connectivity index (χ1v) is 3.29. The van der Waals surface area contributed by atoms with Crippen molar-refractivity contribution >= 4 is 0 Å². The predicted molar refractivity (Wildman–Crippen MR) is 38.0 cm³/mol. The third kappa shape index (κ3) is 3.46. The molecule has 56 valence electrons. The van der Waals surface area contributed by atoms with Crippen LogP contribution >= 0.6 is 0 Å². The molecule has 1 unspecified atom stereocenters. The maximum Gasteiger partial charge on any atom is 0.0807 e. The van der Waals surface area contributed by atoms with E-state index in [-0.39, 0.29) is 12.8 Å². The number of likely N-dealkylation sites (N-methyl/N-ethyl adjacent to an activating group) is 1. The quantitative estimate of drug-likeness (QED) is 0.512. The molecule has 9 heavy (non-hydrogen) atoms. The van der Waals surface area contributed by atoms with Gasteiger partial charge in [0.2, 0.25) is 0 Å². The average Bonchev–Trinajstić information content (AvgIpc) is 1.87. The zero-order valence-electron chi connectivity index (χ0n) is 6.17. The van der Waals surface area contributed by atoms with Crippen molar-refractivity contribution in [2.75, 3.05) is 20.2 Å². The minimum atomic E-state index is -0.190. The maximum absolute atomic E-state index is 8.57. The molecular formula is C6H16N2O. The molecule has 3 nitrogen and oxygen atoms in total. The fraction of sp³-hybridized carbons (Fsp3) is 1.00. The molecule has 0 saturated heterocycles. The van der Waals surface area contributed by atoms with E-state index in [4.69, 9.17) is 10.8 Å². The van der Waals surface area contributed by atoms with Crippen molar-refractivity contribution in [3.63, 3.8) is 0 Å². The van der Waals surface area contributed by atoms with Gasteiger partial charge in [-0.05, 0) is 20.0 Å². The van der Waals surface area contributed by atoms with Crippen LogP contribution in [0.15, 0.2) is 0 Å². The lowest BCUT2D eigenvalue weighted by molar-refractivity contribution is 0.151. The largest absolute Gasteiger partial charge is 0.393 e. The molecule has 0 fully saturated rings. The minimum absolute atomic E-state index is 0.0382. The molecule has 0 rings (SSSR count). The van der Waals surface area contributed by atoms with Crippen molar-refractivity contribution < 1.29 is 5.11 Å². The summed E-state index contributed by atoms with van der Waals surface area (Å²) in [5.41, 5.74) is 5.48. The Balaban J connectivity index is 3.32. The van der Waals surface area contributed by atoms with Crippen molar-refractivity contribution in [3.05, 3.63) is 0 Å². The second-order valence-electron chi connectivity index (χ2n) is 2.23. The van der Waals surface area contributed by atoms with Crippen molar-refractivity contribution in [3.8, 4) is 0 Å². The van der Waals surface area contributed by atoms with Crippen LogP contribution in [0.25, 0.3) is 0 Å². The van der Waals surface area contributed by atoms with E-state index in [0.29, 0.717) is 0 Å². The first-order chi connectivity index (χ1) is 4.22. The number of nitrogens with zero attached hydrogens (tertiary/aromatic N) is 1. The van der Waals surface area contributed by atoms with E-state index in [1.807, 2.05) is 11.9 Å². The SMILES string of the molecule is CCCN(C)C(N)CO. The van der Waals surface area contributed by atoms with Crippen LogP contribution in [0.3, 0.4) is 0 Å². The van der Waals surface area contributed by atoms with E-state index in [1.165, 1.54) is 0 Å². The molecule has 0 bridgehead atoms. The highest BCUT2D eigenvalue weighted by molar-refractivity contribution is 4.57. The number of rotatable bonds is 4. The molecule has 0 aromatic rings. The van der Waals surface area contributed by atoms with Crippen LogP contribution in [0.4, 0.5) is 0 Å². The van der Waals surface area contributed by atoms with E-state index < -0.39 is 0 Å². The molecule has 0 aromatic heterocycles. The highest BCUT2D eigenvalue weighted by Crippen LogP contribution is 1.88. The summed E-state index contributed by atoms with van der Waals surface area (Å²) in [6.07, 6.45) is 0.884. The summed E-state index contributed by atoms with van der Waals surface area (Å²) in [6, 6.07) is 0. The summed E-state index contributed by atoms with van der Waals surface area (Å²) in [5.74, 6) is 0. The predicted octanol–water partition coefficient (Wildman–Crippen LogP) is -0.395. The molecule has 0 aliphatic carbocycles. The summed E-state index contributed by atoms with van der Waals surface area (Å²) in [5, 5.41) is 8.57. The topological polar surface area (TPSA) is 49.5 Å². The van der Waals surface area contributed by atoms with Gasteiger partial charge in [-0.3, -0.25) is 4.90 Å². The van der Waals surface area contributed by atoms with Gasteiger partial charge in [0.05, 0.1) is 12.8 Å². The highest BCUT2D eigenvalue weighted by Gasteiger charge is 2.04. The van der Waals surface area contributed by atoms with Gasteiger partial charge in [0.1, 0.15) is 0 Å². The Bertz CT molecular complexity index is 68.1. The van der Waals surface area contributed by atoms with Crippen molar-refractivity contribution in [1.29, 1.82) is 0 Å². The Morgan fingerprint density at radius 2 is 2.22 bits per heavy atom. The summed E-state index contributed by atoms with van der Waals surface area (Å²) in [6.45, 7) is 3.07. The first-order valence-electron chi connectivity index (χ1n) is 3.29. The molecule has 0 amide bonds. The van der Waals surface area contributed by atoms with Crippen LogP contribution in [-0.2, 0) is 0 Å². The average molecular weight is 132 g/mol. The maximum atomic E-state index is 8.57. The van der Waals surface area contributed by atoms with Gasteiger partial charge in [-0.15, -0.1) is 0 Å². The second-order valence-corrected chi connectivity index (χ2v) is 2.23. The van der Waals surface area contributed by atoms with Crippen LogP contribution < -0.4 is 5.73 Å². The molecule has 1 atom stereocenters. The Kier molecular flexibility index (Phi) is 4.67. The van der Waals surface area contributed by atoms with Crippen LogP contribution in [-0.4, -0.2) is 36.4 Å². The highest BCUT2D eigenvalue weighted by atomic mass is 16.3. The van der Waals surface area contributed by atoms with Gasteiger partial charge in [-0.2, -0.15) is 0 Å². The van der Waals surface area contributed by atoms with Gasteiger partial charge in [0.15, 0.2) is 0 Å². The van der Waals surface area contributed by atoms with Crippen LogP contribution in [0, 0.1) is 0 Å². The van der Waals surface area contributed by atoms with Crippen LogP contribution in [0.2, 0.25) is 0 Å². The fourth-order valence-corrected chi connectivity index (χ4v) is 0.658. The van der Waals surface area contributed by atoms with E-state index in [1.54, 1.807) is 0 Å². The van der Waals surface area contributed by atoms with E-state index in [9.17, 15) is 0 Å². The number of aliphatic hydroxyl groups excluding tert-OH is 1. The second kappa shape index (κ2) is 4.73. The van der Waals surface area contributed by atoms with Crippen LogP contribution in [0.1, 0.15) is 13.3 Å². The third-order valence-electron chi connectivity index (χ3n) is 1.33. The van der Waals surface area contributed by atoms with Gasteiger partial charge in [-0.25, -0.2) is 0 Å². The molecule has 0 aliphatic rings. The molecule has 3 N–H and O–H groups in total. The van der Waals surface area contributed by atoms with E-state index >= 15 is 0 Å². The van der Waals surface area contributed by atoms with E-state index in [2.05, 4.69) is 6.92 Å². The van der Waals surface area contributed by atoms with Gasteiger partial charge in [0.25, 0.3) is 0 Å². The van der Waals surface area contributed by atoms with Crippen molar-refractivity contribution in [2.45, 2.75) is 19.5 Å². The molecule has 0 radical (unpaired) electrons. The number of aliphatic hydroxyl groups is 1. The Morgan fingerprint density at radius 3 is 2.56 bits per heavy atom.